The van der Waals surface area contributed by atoms with E-state index in [9.17, 15) is 0 Å². The number of nitrogens with zero attached hydrogens (tertiary/aromatic N) is 1. The monoisotopic (exact) mass is 418 g/mol. The minimum Gasteiger partial charge on any atom is -0.278 e. The Morgan fingerprint density at radius 3 is 2.12 bits per heavy atom. The van der Waals surface area contributed by atoms with E-state index in [0.717, 1.165) is 24.8 Å². The van der Waals surface area contributed by atoms with Crippen molar-refractivity contribution in [2.24, 2.45) is 5.84 Å². The molecule has 88 valence electrons. The third-order valence-electron chi connectivity index (χ3n) is 2.31. The Balaban J connectivity index is 2.45. The third kappa shape index (κ3) is 2.73. The minimum atomic E-state index is 0.895. The summed E-state index contributed by atoms with van der Waals surface area (Å²) in [6.07, 6.45) is 0. The Morgan fingerprint density at radius 1 is 0.824 bits per heavy atom. The van der Waals surface area contributed by atoms with Crippen molar-refractivity contribution >= 4 is 59.2 Å². The predicted molar refractivity (Wildman–Crippen MR) is 82.3 cm³/mol. The summed E-state index contributed by atoms with van der Waals surface area (Å²) in [5.74, 6) is 6.10. The maximum absolute atomic E-state index is 6.10. The second kappa shape index (κ2) is 5.52. The van der Waals surface area contributed by atoms with E-state index in [0.29, 0.717) is 0 Å². The van der Waals surface area contributed by atoms with Crippen molar-refractivity contribution in [3.8, 4) is 0 Å². The van der Waals surface area contributed by atoms with E-state index < -0.39 is 0 Å². The first kappa shape index (κ1) is 13.1. The lowest BCUT2D eigenvalue weighted by molar-refractivity contribution is 1.08. The maximum Gasteiger partial charge on any atom is 0.0729 e. The quantitative estimate of drug-likeness (QED) is 0.421. The normalized spacial score (nSPS) is 10.4. The Kier molecular flexibility index (Phi) is 4.25. The summed E-state index contributed by atoms with van der Waals surface area (Å²) in [5, 5.41) is 1.64. The Bertz CT molecular complexity index is 529. The summed E-state index contributed by atoms with van der Waals surface area (Å²) in [6.45, 7) is 0. The molecule has 2 aromatic carbocycles. The van der Waals surface area contributed by atoms with Crippen LogP contribution in [0.15, 0.2) is 55.9 Å². The van der Waals surface area contributed by atoms with Crippen LogP contribution in [0.25, 0.3) is 0 Å². The van der Waals surface area contributed by atoms with Gasteiger partial charge in [-0.15, -0.1) is 0 Å². The largest absolute Gasteiger partial charge is 0.278 e. The second-order valence-electron chi connectivity index (χ2n) is 3.40. The number of rotatable bonds is 2. The van der Waals surface area contributed by atoms with Gasteiger partial charge in [0.25, 0.3) is 0 Å². The molecule has 2 aromatic rings. The zero-order valence-electron chi connectivity index (χ0n) is 8.70. The average Bonchev–Trinajstić information content (AvgIpc) is 2.36. The van der Waals surface area contributed by atoms with Gasteiger partial charge in [-0.1, -0.05) is 18.2 Å². The zero-order valence-corrected chi connectivity index (χ0v) is 13.5. The zero-order chi connectivity index (χ0) is 12.4. The molecular weight excluding hydrogens is 412 g/mol. The smallest absolute Gasteiger partial charge is 0.0729 e. The molecule has 0 heterocycles. The number of halogens is 3. The maximum atomic E-state index is 6.10. The van der Waals surface area contributed by atoms with Gasteiger partial charge in [0.15, 0.2) is 0 Å². The van der Waals surface area contributed by atoms with E-state index in [-0.39, 0.29) is 0 Å². The molecule has 0 aliphatic heterocycles. The highest BCUT2D eigenvalue weighted by atomic mass is 79.9. The van der Waals surface area contributed by atoms with Crippen LogP contribution in [0, 0.1) is 0 Å². The van der Waals surface area contributed by atoms with Crippen molar-refractivity contribution in [1.29, 1.82) is 0 Å². The van der Waals surface area contributed by atoms with Crippen LogP contribution in [0.4, 0.5) is 11.4 Å². The summed E-state index contributed by atoms with van der Waals surface area (Å²) < 4.78 is 2.84. The van der Waals surface area contributed by atoms with Crippen LogP contribution in [-0.4, -0.2) is 0 Å². The summed E-state index contributed by atoms with van der Waals surface area (Å²) in [4.78, 5) is 0. The molecule has 0 aliphatic rings. The van der Waals surface area contributed by atoms with Crippen molar-refractivity contribution in [3.63, 3.8) is 0 Å². The van der Waals surface area contributed by atoms with Crippen molar-refractivity contribution in [2.45, 2.75) is 0 Å². The number of hydrogen-bond acceptors (Lipinski definition) is 2. The van der Waals surface area contributed by atoms with Gasteiger partial charge in [0.05, 0.1) is 15.8 Å². The summed E-state index contributed by atoms with van der Waals surface area (Å²) in [5.41, 5.74) is 1.83. The Labute approximate surface area is 125 Å². The highest BCUT2D eigenvalue weighted by Crippen LogP contribution is 2.39. The second-order valence-corrected chi connectivity index (χ2v) is 5.84. The van der Waals surface area contributed by atoms with Gasteiger partial charge in [-0.25, -0.2) is 5.84 Å². The van der Waals surface area contributed by atoms with Crippen LogP contribution in [0.3, 0.4) is 0 Å². The molecule has 5 heteroatoms. The standard InChI is InChI=1S/C12H9Br3N2/c13-9-6-7-10(12(15)11(9)14)17(16)8-4-2-1-3-5-8/h1-7H,16H2. The van der Waals surface area contributed by atoms with Crippen LogP contribution in [0.2, 0.25) is 0 Å². The summed E-state index contributed by atoms with van der Waals surface area (Å²) in [6, 6.07) is 13.7. The van der Waals surface area contributed by atoms with Crippen molar-refractivity contribution in [1.82, 2.24) is 0 Å². The van der Waals surface area contributed by atoms with Crippen LogP contribution < -0.4 is 10.9 Å². The molecule has 0 saturated heterocycles. The molecule has 0 fully saturated rings. The molecule has 2 rings (SSSR count). The fraction of sp³-hybridized carbons (Fsp3) is 0. The SMILES string of the molecule is NN(c1ccccc1)c1ccc(Br)c(Br)c1Br. The van der Waals surface area contributed by atoms with Crippen LogP contribution >= 0.6 is 47.8 Å². The van der Waals surface area contributed by atoms with Gasteiger partial charge < -0.3 is 0 Å². The topological polar surface area (TPSA) is 29.3 Å². The molecule has 0 saturated carbocycles. The molecule has 0 bridgehead atoms. The van der Waals surface area contributed by atoms with Gasteiger partial charge in [-0.2, -0.15) is 0 Å². The number of nitrogens with two attached hydrogens (primary N) is 1. The first-order chi connectivity index (χ1) is 8.11. The fourth-order valence-electron chi connectivity index (χ4n) is 1.43. The Morgan fingerprint density at radius 2 is 1.47 bits per heavy atom. The summed E-state index contributed by atoms with van der Waals surface area (Å²) in [7, 11) is 0. The lowest BCUT2D eigenvalue weighted by atomic mass is 10.2. The molecule has 0 radical (unpaired) electrons. The average molecular weight is 421 g/mol. The molecule has 17 heavy (non-hydrogen) atoms. The molecule has 0 spiro atoms. The van der Waals surface area contributed by atoms with E-state index >= 15 is 0 Å². The van der Waals surface area contributed by atoms with Gasteiger partial charge in [0.2, 0.25) is 0 Å². The number of para-hydroxylation sites is 1. The first-order valence-corrected chi connectivity index (χ1v) is 7.22. The van der Waals surface area contributed by atoms with Crippen LogP contribution in [-0.2, 0) is 0 Å². The van der Waals surface area contributed by atoms with E-state index in [1.54, 1.807) is 5.01 Å². The van der Waals surface area contributed by atoms with Crippen molar-refractivity contribution in [2.75, 3.05) is 5.01 Å². The highest BCUT2D eigenvalue weighted by Gasteiger charge is 2.12. The van der Waals surface area contributed by atoms with E-state index in [1.165, 1.54) is 0 Å². The van der Waals surface area contributed by atoms with E-state index in [2.05, 4.69) is 47.8 Å². The van der Waals surface area contributed by atoms with E-state index in [4.69, 9.17) is 5.84 Å². The molecule has 2 nitrogen and oxygen atoms in total. The molecule has 0 aromatic heterocycles. The minimum absolute atomic E-state index is 0.895. The predicted octanol–water partition coefficient (Wildman–Crippen LogP) is 4.99. The van der Waals surface area contributed by atoms with Gasteiger partial charge >= 0.3 is 0 Å². The number of anilines is 2. The lowest BCUT2D eigenvalue weighted by Crippen LogP contribution is -2.25. The molecule has 0 aliphatic carbocycles. The number of hydrogen-bond donors (Lipinski definition) is 1. The van der Waals surface area contributed by atoms with Gasteiger partial charge in [0.1, 0.15) is 0 Å². The molecule has 0 atom stereocenters. The molecular formula is C12H9Br3N2. The number of benzene rings is 2. The Hall–Kier alpha value is -0.360. The number of hydrazine groups is 1. The third-order valence-corrected chi connectivity index (χ3v) is 5.66. The van der Waals surface area contributed by atoms with Gasteiger partial charge in [0, 0.05) is 8.95 Å². The lowest BCUT2D eigenvalue weighted by Gasteiger charge is -2.21. The summed E-state index contributed by atoms with van der Waals surface area (Å²) >= 11 is 10.5. The van der Waals surface area contributed by atoms with Crippen LogP contribution in [0.1, 0.15) is 0 Å². The fourth-order valence-corrected chi connectivity index (χ4v) is 2.90. The first-order valence-electron chi connectivity index (χ1n) is 4.84. The van der Waals surface area contributed by atoms with Crippen LogP contribution in [0.5, 0.6) is 0 Å². The molecule has 0 amide bonds. The van der Waals surface area contributed by atoms with Crippen molar-refractivity contribution in [3.05, 3.63) is 55.9 Å². The molecule has 0 unspecified atom stereocenters. The van der Waals surface area contributed by atoms with Crippen molar-refractivity contribution < 1.29 is 0 Å². The van der Waals surface area contributed by atoms with E-state index in [1.807, 2.05) is 42.5 Å². The highest BCUT2D eigenvalue weighted by molar-refractivity contribution is 9.14. The van der Waals surface area contributed by atoms with Gasteiger partial charge in [-0.3, -0.25) is 5.01 Å². The van der Waals surface area contributed by atoms with Gasteiger partial charge in [-0.05, 0) is 72.1 Å². The molecule has 2 N–H and O–H groups in total.